The van der Waals surface area contributed by atoms with Gasteiger partial charge < -0.3 is 14.7 Å². The van der Waals surface area contributed by atoms with Crippen molar-refractivity contribution < 1.29 is 14.8 Å². The Morgan fingerprint density at radius 3 is 2.70 bits per heavy atom. The third-order valence-corrected chi connectivity index (χ3v) is 3.84. The summed E-state index contributed by atoms with van der Waals surface area (Å²) in [6.45, 7) is 3.28. The maximum atomic E-state index is 11.0. The second-order valence-corrected chi connectivity index (χ2v) is 5.37. The zero-order valence-electron chi connectivity index (χ0n) is 11.8. The fourth-order valence-electron chi connectivity index (χ4n) is 2.66. The van der Waals surface area contributed by atoms with Gasteiger partial charge in [0.1, 0.15) is 0 Å². The third kappa shape index (κ3) is 3.08. The molecule has 0 aliphatic carbocycles. The molecule has 0 spiro atoms. The number of nitro groups is 1. The molecule has 1 aromatic rings. The number of ether oxygens (including phenoxy) is 1. The van der Waals surface area contributed by atoms with Gasteiger partial charge in [0.05, 0.1) is 10.5 Å². The first-order valence-electron chi connectivity index (χ1n) is 6.68. The summed E-state index contributed by atoms with van der Waals surface area (Å²) in [6, 6.07) is 5.01. The summed E-state index contributed by atoms with van der Waals surface area (Å²) in [7, 11) is 1.85. The first-order chi connectivity index (χ1) is 9.43. The third-order valence-electron chi connectivity index (χ3n) is 3.84. The molecule has 0 bridgehead atoms. The van der Waals surface area contributed by atoms with Crippen LogP contribution in [-0.2, 0) is 4.74 Å². The van der Waals surface area contributed by atoms with Crippen LogP contribution in [0.25, 0.3) is 0 Å². The van der Waals surface area contributed by atoms with Gasteiger partial charge in [0, 0.05) is 57.0 Å². The van der Waals surface area contributed by atoms with Gasteiger partial charge in [0.15, 0.2) is 0 Å². The first-order valence-corrected chi connectivity index (χ1v) is 6.68. The Kier molecular flexibility index (Phi) is 4.25. The Bertz CT molecular complexity index is 498. The van der Waals surface area contributed by atoms with Crippen molar-refractivity contribution in [2.45, 2.75) is 25.4 Å². The summed E-state index contributed by atoms with van der Waals surface area (Å²) in [5.41, 5.74) is 0.715. The Morgan fingerprint density at radius 2 is 2.10 bits per heavy atom. The lowest BCUT2D eigenvalue weighted by Crippen LogP contribution is -2.45. The highest BCUT2D eigenvalue weighted by Gasteiger charge is 2.31. The second kappa shape index (κ2) is 5.76. The summed E-state index contributed by atoms with van der Waals surface area (Å²) >= 11 is 0. The van der Waals surface area contributed by atoms with Gasteiger partial charge in [-0.2, -0.15) is 0 Å². The van der Waals surface area contributed by atoms with Crippen LogP contribution in [0.1, 0.15) is 18.4 Å². The molecule has 0 unspecified atom stereocenters. The molecule has 0 radical (unpaired) electrons. The van der Waals surface area contributed by atoms with Gasteiger partial charge in [-0.1, -0.05) is 6.07 Å². The molecule has 0 saturated carbocycles. The largest absolute Gasteiger partial charge is 0.388 e. The molecule has 1 aliphatic rings. The molecule has 0 atom stereocenters. The predicted molar refractivity (Wildman–Crippen MR) is 76.1 cm³/mol. The van der Waals surface area contributed by atoms with E-state index in [2.05, 4.69) is 0 Å². The summed E-state index contributed by atoms with van der Waals surface area (Å²) in [5, 5.41) is 21.5. The van der Waals surface area contributed by atoms with E-state index in [0.29, 0.717) is 38.2 Å². The lowest BCUT2D eigenvalue weighted by Gasteiger charge is -2.36. The van der Waals surface area contributed by atoms with E-state index in [4.69, 9.17) is 4.74 Å². The molecule has 1 N–H and O–H groups in total. The van der Waals surface area contributed by atoms with E-state index >= 15 is 0 Å². The number of nitrogens with zero attached hydrogens (tertiary/aromatic N) is 2. The van der Waals surface area contributed by atoms with E-state index in [9.17, 15) is 15.2 Å². The number of benzene rings is 1. The number of hydrogen-bond donors (Lipinski definition) is 1. The van der Waals surface area contributed by atoms with Crippen molar-refractivity contribution in [3.63, 3.8) is 0 Å². The molecule has 20 heavy (non-hydrogen) atoms. The minimum Gasteiger partial charge on any atom is -0.388 e. The van der Waals surface area contributed by atoms with Crippen LogP contribution in [0, 0.1) is 17.0 Å². The highest BCUT2D eigenvalue weighted by molar-refractivity contribution is 5.61. The van der Waals surface area contributed by atoms with Crippen LogP contribution in [0.15, 0.2) is 18.2 Å². The maximum absolute atomic E-state index is 11.0. The minimum atomic E-state index is -0.788. The minimum absolute atomic E-state index is 0.105. The molecular weight excluding hydrogens is 260 g/mol. The zero-order chi connectivity index (χ0) is 14.8. The van der Waals surface area contributed by atoms with Crippen LogP contribution in [0.2, 0.25) is 0 Å². The van der Waals surface area contributed by atoms with Gasteiger partial charge >= 0.3 is 0 Å². The van der Waals surface area contributed by atoms with Gasteiger partial charge in [0.2, 0.25) is 0 Å². The van der Waals surface area contributed by atoms with Crippen molar-refractivity contribution in [1.29, 1.82) is 0 Å². The number of likely N-dealkylation sites (N-methyl/N-ethyl adjacent to an activating group) is 1. The second-order valence-electron chi connectivity index (χ2n) is 5.37. The number of hydrogen-bond acceptors (Lipinski definition) is 5. The number of aliphatic hydroxyl groups is 1. The molecule has 1 heterocycles. The summed E-state index contributed by atoms with van der Waals surface area (Å²) < 4.78 is 5.26. The van der Waals surface area contributed by atoms with Crippen molar-refractivity contribution in [2.75, 3.05) is 31.7 Å². The Balaban J connectivity index is 2.18. The van der Waals surface area contributed by atoms with Crippen LogP contribution in [0.3, 0.4) is 0 Å². The predicted octanol–water partition coefficient (Wildman–Crippen LogP) is 1.88. The standard InChI is InChI=1S/C14H20N2O4/c1-11-12(4-3-5-13(11)16(18)19)15(2)10-14(17)6-8-20-9-7-14/h3-5,17H,6-10H2,1-2H3. The molecule has 1 saturated heterocycles. The van der Waals surface area contributed by atoms with Gasteiger partial charge in [-0.15, -0.1) is 0 Å². The topological polar surface area (TPSA) is 75.8 Å². The van der Waals surface area contributed by atoms with Crippen LogP contribution in [0.5, 0.6) is 0 Å². The van der Waals surface area contributed by atoms with Gasteiger partial charge in [-0.05, 0) is 13.0 Å². The van der Waals surface area contributed by atoms with Crippen molar-refractivity contribution in [3.05, 3.63) is 33.9 Å². The SMILES string of the molecule is Cc1c(N(C)CC2(O)CCOCC2)cccc1[N+](=O)[O-]. The molecule has 1 fully saturated rings. The molecule has 110 valence electrons. The average molecular weight is 280 g/mol. The van der Waals surface area contributed by atoms with Crippen LogP contribution in [-0.4, -0.2) is 42.4 Å². The van der Waals surface area contributed by atoms with E-state index in [0.717, 1.165) is 5.69 Å². The molecule has 1 aromatic carbocycles. The zero-order valence-corrected chi connectivity index (χ0v) is 11.8. The molecule has 1 aliphatic heterocycles. The van der Waals surface area contributed by atoms with Crippen LogP contribution in [0.4, 0.5) is 11.4 Å². The monoisotopic (exact) mass is 280 g/mol. The van der Waals surface area contributed by atoms with E-state index in [1.165, 1.54) is 6.07 Å². The maximum Gasteiger partial charge on any atom is 0.274 e. The molecule has 0 aromatic heterocycles. The first kappa shape index (κ1) is 14.7. The lowest BCUT2D eigenvalue weighted by atomic mass is 9.93. The van der Waals surface area contributed by atoms with E-state index in [1.54, 1.807) is 13.0 Å². The normalized spacial score (nSPS) is 17.8. The van der Waals surface area contributed by atoms with Gasteiger partial charge in [-0.3, -0.25) is 10.1 Å². The highest BCUT2D eigenvalue weighted by Crippen LogP contribution is 2.30. The van der Waals surface area contributed by atoms with Crippen molar-refractivity contribution in [1.82, 2.24) is 0 Å². The Morgan fingerprint density at radius 1 is 1.45 bits per heavy atom. The smallest absolute Gasteiger partial charge is 0.274 e. The molecule has 0 amide bonds. The molecular formula is C14H20N2O4. The molecule has 6 heteroatoms. The fourth-order valence-corrected chi connectivity index (χ4v) is 2.66. The van der Waals surface area contributed by atoms with E-state index < -0.39 is 5.60 Å². The van der Waals surface area contributed by atoms with Crippen molar-refractivity contribution >= 4 is 11.4 Å². The summed E-state index contributed by atoms with van der Waals surface area (Å²) in [6.07, 6.45) is 1.18. The average Bonchev–Trinajstić information content (AvgIpc) is 2.38. The fraction of sp³-hybridized carbons (Fsp3) is 0.571. The van der Waals surface area contributed by atoms with Gasteiger partial charge in [0.25, 0.3) is 5.69 Å². The number of rotatable bonds is 4. The van der Waals surface area contributed by atoms with Gasteiger partial charge in [-0.25, -0.2) is 0 Å². The molecule has 6 nitrogen and oxygen atoms in total. The highest BCUT2D eigenvalue weighted by atomic mass is 16.6. The van der Waals surface area contributed by atoms with Crippen molar-refractivity contribution in [2.24, 2.45) is 0 Å². The van der Waals surface area contributed by atoms with E-state index in [1.807, 2.05) is 18.0 Å². The summed E-state index contributed by atoms with van der Waals surface area (Å²) in [4.78, 5) is 12.5. The van der Waals surface area contributed by atoms with Crippen molar-refractivity contribution in [3.8, 4) is 0 Å². The quantitative estimate of drug-likeness (QED) is 0.673. The van der Waals surface area contributed by atoms with E-state index in [-0.39, 0.29) is 10.6 Å². The van der Waals surface area contributed by atoms with Crippen LogP contribution < -0.4 is 4.90 Å². The van der Waals surface area contributed by atoms with Crippen LogP contribution >= 0.6 is 0 Å². The number of nitro benzene ring substituents is 1. The Hall–Kier alpha value is -1.66. The lowest BCUT2D eigenvalue weighted by molar-refractivity contribution is -0.385. The molecule has 2 rings (SSSR count). The number of anilines is 1. The summed E-state index contributed by atoms with van der Waals surface area (Å²) in [5.74, 6) is 0. The Labute approximate surface area is 118 Å².